The van der Waals surface area contributed by atoms with Crippen LogP contribution in [0.15, 0.2) is 43.0 Å². The number of rotatable bonds is 8. The van der Waals surface area contributed by atoms with E-state index in [4.69, 9.17) is 4.74 Å². The highest BCUT2D eigenvalue weighted by molar-refractivity contribution is 5.27. The fourth-order valence-electron chi connectivity index (χ4n) is 2.24. The highest BCUT2D eigenvalue weighted by Gasteiger charge is 2.03. The van der Waals surface area contributed by atoms with Crippen LogP contribution in [-0.4, -0.2) is 22.2 Å². The van der Waals surface area contributed by atoms with E-state index in [1.807, 2.05) is 44.7 Å². The summed E-state index contributed by atoms with van der Waals surface area (Å²) in [6, 6.07) is 8.30. The summed E-state index contributed by atoms with van der Waals surface area (Å²) in [5, 5.41) is 3.50. The maximum atomic E-state index is 5.64. The number of imidazole rings is 1. The van der Waals surface area contributed by atoms with Crippen LogP contribution in [0.3, 0.4) is 0 Å². The zero-order chi connectivity index (χ0) is 15.1. The Hall–Kier alpha value is -1.81. The summed E-state index contributed by atoms with van der Waals surface area (Å²) >= 11 is 0. The molecule has 1 N–H and O–H groups in total. The Bertz CT molecular complexity index is 505. The van der Waals surface area contributed by atoms with E-state index >= 15 is 0 Å². The molecular formula is C17H25N3O. The molecule has 0 radical (unpaired) electrons. The van der Waals surface area contributed by atoms with E-state index in [1.54, 1.807) is 0 Å². The van der Waals surface area contributed by atoms with Gasteiger partial charge in [-0.15, -0.1) is 0 Å². The molecule has 0 amide bonds. The van der Waals surface area contributed by atoms with E-state index in [1.165, 1.54) is 5.56 Å². The Labute approximate surface area is 127 Å². The van der Waals surface area contributed by atoms with Gasteiger partial charge in [0.25, 0.3) is 0 Å². The maximum Gasteiger partial charge on any atom is 0.119 e. The molecule has 4 nitrogen and oxygen atoms in total. The lowest BCUT2D eigenvalue weighted by Crippen LogP contribution is -2.23. The molecule has 0 aliphatic heterocycles. The molecule has 0 aliphatic rings. The number of benzene rings is 1. The number of nitrogens with zero attached hydrogens (tertiary/aromatic N) is 2. The van der Waals surface area contributed by atoms with E-state index in [0.29, 0.717) is 5.92 Å². The summed E-state index contributed by atoms with van der Waals surface area (Å²) in [5.74, 6) is 1.50. The van der Waals surface area contributed by atoms with Crippen LogP contribution in [-0.2, 0) is 13.1 Å². The number of aromatic nitrogens is 2. The lowest BCUT2D eigenvalue weighted by atomic mass is 10.1. The summed E-state index contributed by atoms with van der Waals surface area (Å²) in [4.78, 5) is 4.06. The van der Waals surface area contributed by atoms with Gasteiger partial charge in [0.05, 0.1) is 12.4 Å². The van der Waals surface area contributed by atoms with Crippen molar-refractivity contribution in [2.75, 3.05) is 6.54 Å². The van der Waals surface area contributed by atoms with Crippen molar-refractivity contribution in [3.8, 4) is 5.75 Å². The Morgan fingerprint density at radius 1 is 1.19 bits per heavy atom. The summed E-state index contributed by atoms with van der Waals surface area (Å²) in [6.45, 7) is 9.19. The molecule has 1 heterocycles. The van der Waals surface area contributed by atoms with E-state index < -0.39 is 0 Å². The minimum absolute atomic E-state index is 0.220. The van der Waals surface area contributed by atoms with Crippen LogP contribution in [0.4, 0.5) is 0 Å². The Balaban J connectivity index is 1.70. The minimum Gasteiger partial charge on any atom is -0.491 e. The molecular weight excluding hydrogens is 262 g/mol. The van der Waals surface area contributed by atoms with Crippen LogP contribution in [0.2, 0.25) is 0 Å². The van der Waals surface area contributed by atoms with E-state index in [-0.39, 0.29) is 6.10 Å². The van der Waals surface area contributed by atoms with Crippen LogP contribution >= 0.6 is 0 Å². The van der Waals surface area contributed by atoms with Gasteiger partial charge >= 0.3 is 0 Å². The first kappa shape index (κ1) is 15.6. The fourth-order valence-corrected chi connectivity index (χ4v) is 2.24. The highest BCUT2D eigenvalue weighted by Crippen LogP contribution is 2.13. The molecule has 114 valence electrons. The van der Waals surface area contributed by atoms with Gasteiger partial charge < -0.3 is 14.6 Å². The van der Waals surface area contributed by atoms with Crippen molar-refractivity contribution in [2.45, 2.75) is 40.0 Å². The Morgan fingerprint density at radius 3 is 2.57 bits per heavy atom. The molecule has 21 heavy (non-hydrogen) atoms. The summed E-state index contributed by atoms with van der Waals surface area (Å²) in [6.07, 6.45) is 5.91. The zero-order valence-electron chi connectivity index (χ0n) is 13.1. The lowest BCUT2D eigenvalue weighted by Gasteiger charge is -2.14. The van der Waals surface area contributed by atoms with Crippen molar-refractivity contribution >= 4 is 0 Å². The van der Waals surface area contributed by atoms with Gasteiger partial charge in [-0.25, -0.2) is 4.98 Å². The van der Waals surface area contributed by atoms with Gasteiger partial charge in [0.2, 0.25) is 0 Å². The van der Waals surface area contributed by atoms with Crippen molar-refractivity contribution in [3.05, 3.63) is 48.5 Å². The molecule has 4 heteroatoms. The van der Waals surface area contributed by atoms with Gasteiger partial charge in [-0.2, -0.15) is 0 Å². The topological polar surface area (TPSA) is 39.1 Å². The number of hydrogen-bond acceptors (Lipinski definition) is 3. The third kappa shape index (κ3) is 5.60. The van der Waals surface area contributed by atoms with E-state index in [2.05, 4.69) is 33.9 Å². The van der Waals surface area contributed by atoms with Crippen LogP contribution < -0.4 is 10.1 Å². The van der Waals surface area contributed by atoms with Crippen LogP contribution in [0.5, 0.6) is 5.75 Å². The first-order valence-corrected chi connectivity index (χ1v) is 7.55. The first-order chi connectivity index (χ1) is 10.1. The molecule has 2 aromatic rings. The lowest BCUT2D eigenvalue weighted by molar-refractivity contribution is 0.242. The highest BCUT2D eigenvalue weighted by atomic mass is 16.5. The van der Waals surface area contributed by atoms with Gasteiger partial charge in [-0.3, -0.25) is 0 Å². The van der Waals surface area contributed by atoms with Gasteiger partial charge in [-0.05, 0) is 44.0 Å². The molecule has 1 aromatic heterocycles. The second kappa shape index (κ2) is 7.84. The molecule has 0 bridgehead atoms. The maximum absolute atomic E-state index is 5.64. The monoisotopic (exact) mass is 287 g/mol. The third-order valence-electron chi connectivity index (χ3n) is 3.20. The molecule has 1 atom stereocenters. The van der Waals surface area contributed by atoms with Gasteiger partial charge in [0.15, 0.2) is 0 Å². The van der Waals surface area contributed by atoms with Crippen LogP contribution in [0, 0.1) is 5.92 Å². The normalized spacial score (nSPS) is 12.6. The quantitative estimate of drug-likeness (QED) is 0.811. The number of ether oxygens (including phenoxy) is 1. The number of nitrogens with one attached hydrogen (secondary N) is 1. The van der Waals surface area contributed by atoms with Crippen molar-refractivity contribution in [1.82, 2.24) is 14.9 Å². The number of hydrogen-bond donors (Lipinski definition) is 1. The Kier molecular flexibility index (Phi) is 5.81. The van der Waals surface area contributed by atoms with Crippen molar-refractivity contribution in [1.29, 1.82) is 0 Å². The predicted octanol–water partition coefficient (Wildman–Crippen LogP) is 3.10. The minimum atomic E-state index is 0.220. The Morgan fingerprint density at radius 2 is 1.95 bits per heavy atom. The molecule has 0 aliphatic carbocycles. The average Bonchev–Trinajstić information content (AvgIpc) is 2.93. The molecule has 0 saturated carbocycles. The average molecular weight is 287 g/mol. The standard InChI is InChI=1S/C17H25N3O/c1-14(2)21-17-6-4-16(5-7-17)11-19-10-15(3)12-20-9-8-18-13-20/h4-9,13-15,19H,10-12H2,1-3H3. The second-order valence-electron chi connectivity index (χ2n) is 5.81. The summed E-state index contributed by atoms with van der Waals surface area (Å²) in [5.41, 5.74) is 1.28. The second-order valence-corrected chi connectivity index (χ2v) is 5.81. The first-order valence-electron chi connectivity index (χ1n) is 7.55. The van der Waals surface area contributed by atoms with E-state index in [9.17, 15) is 0 Å². The predicted molar refractivity (Wildman–Crippen MR) is 85.3 cm³/mol. The molecule has 0 saturated heterocycles. The molecule has 2 rings (SSSR count). The molecule has 0 spiro atoms. The van der Waals surface area contributed by atoms with Gasteiger partial charge in [0, 0.05) is 25.5 Å². The summed E-state index contributed by atoms with van der Waals surface area (Å²) in [7, 11) is 0. The SMILES string of the molecule is CC(CNCc1ccc(OC(C)C)cc1)Cn1ccnc1. The summed E-state index contributed by atoms with van der Waals surface area (Å²) < 4.78 is 7.76. The largest absolute Gasteiger partial charge is 0.491 e. The molecule has 0 fully saturated rings. The molecule has 1 aromatic carbocycles. The van der Waals surface area contributed by atoms with Crippen molar-refractivity contribution < 1.29 is 4.74 Å². The van der Waals surface area contributed by atoms with Crippen LogP contribution in [0.25, 0.3) is 0 Å². The molecule has 1 unspecified atom stereocenters. The third-order valence-corrected chi connectivity index (χ3v) is 3.20. The van der Waals surface area contributed by atoms with Crippen LogP contribution in [0.1, 0.15) is 26.3 Å². The zero-order valence-corrected chi connectivity index (χ0v) is 13.1. The van der Waals surface area contributed by atoms with Gasteiger partial charge in [-0.1, -0.05) is 19.1 Å². The fraction of sp³-hybridized carbons (Fsp3) is 0.471. The smallest absolute Gasteiger partial charge is 0.119 e. The van der Waals surface area contributed by atoms with Crippen molar-refractivity contribution in [2.24, 2.45) is 5.92 Å². The van der Waals surface area contributed by atoms with E-state index in [0.717, 1.165) is 25.4 Å². The van der Waals surface area contributed by atoms with Gasteiger partial charge in [0.1, 0.15) is 5.75 Å². The van der Waals surface area contributed by atoms with Crippen molar-refractivity contribution in [3.63, 3.8) is 0 Å².